The van der Waals surface area contributed by atoms with Gasteiger partial charge in [-0.3, -0.25) is 0 Å². The molecule has 0 saturated heterocycles. The molecular formula is C13H21NS. The average Bonchev–Trinajstić information content (AvgIpc) is 2.21. The smallest absolute Gasteiger partial charge is 0.0366 e. The molecule has 1 aromatic carbocycles. The Kier molecular flexibility index (Phi) is 5.03. The molecule has 0 aliphatic heterocycles. The molecule has 0 aromatic heterocycles. The Bertz CT molecular complexity index is 275. The first kappa shape index (κ1) is 12.4. The zero-order chi connectivity index (χ0) is 11.3. The Balaban J connectivity index is 2.71. The third kappa shape index (κ3) is 3.78. The van der Waals surface area contributed by atoms with Gasteiger partial charge in [0.25, 0.3) is 0 Å². The Hall–Kier alpha value is -0.630. The van der Waals surface area contributed by atoms with E-state index in [1.165, 1.54) is 10.6 Å². The molecule has 0 fully saturated rings. The van der Waals surface area contributed by atoms with Crippen molar-refractivity contribution in [3.05, 3.63) is 24.3 Å². The second-order valence-electron chi connectivity index (χ2n) is 3.83. The molecule has 0 amide bonds. The highest BCUT2D eigenvalue weighted by atomic mass is 32.2. The molecule has 0 aliphatic carbocycles. The van der Waals surface area contributed by atoms with Crippen molar-refractivity contribution in [2.75, 3.05) is 18.0 Å². The Morgan fingerprint density at radius 3 is 2.00 bits per heavy atom. The second-order valence-corrected chi connectivity index (χ2v) is 5.48. The van der Waals surface area contributed by atoms with Crippen LogP contribution in [0.5, 0.6) is 0 Å². The Morgan fingerprint density at radius 2 is 1.60 bits per heavy atom. The summed E-state index contributed by atoms with van der Waals surface area (Å²) in [5, 5.41) is 0.657. The van der Waals surface area contributed by atoms with Crippen molar-refractivity contribution < 1.29 is 0 Å². The maximum atomic E-state index is 2.36. The van der Waals surface area contributed by atoms with E-state index in [0.29, 0.717) is 5.25 Å². The van der Waals surface area contributed by atoms with Crippen LogP contribution in [0.4, 0.5) is 5.69 Å². The first-order chi connectivity index (χ1) is 7.17. The van der Waals surface area contributed by atoms with Gasteiger partial charge in [-0.05, 0) is 38.1 Å². The van der Waals surface area contributed by atoms with Crippen molar-refractivity contribution in [1.29, 1.82) is 0 Å². The van der Waals surface area contributed by atoms with Crippen molar-refractivity contribution in [2.45, 2.75) is 37.8 Å². The highest BCUT2D eigenvalue weighted by molar-refractivity contribution is 7.99. The van der Waals surface area contributed by atoms with Gasteiger partial charge in [0.15, 0.2) is 0 Å². The second kappa shape index (κ2) is 6.06. The molecule has 0 unspecified atom stereocenters. The van der Waals surface area contributed by atoms with Crippen molar-refractivity contribution in [1.82, 2.24) is 0 Å². The van der Waals surface area contributed by atoms with Gasteiger partial charge in [-0.1, -0.05) is 13.8 Å². The first-order valence-electron chi connectivity index (χ1n) is 5.69. The van der Waals surface area contributed by atoms with Crippen molar-refractivity contribution in [3.63, 3.8) is 0 Å². The molecule has 0 saturated carbocycles. The number of thioether (sulfide) groups is 1. The van der Waals surface area contributed by atoms with E-state index in [4.69, 9.17) is 0 Å². The van der Waals surface area contributed by atoms with Gasteiger partial charge in [0.1, 0.15) is 0 Å². The zero-order valence-electron chi connectivity index (χ0n) is 10.2. The molecule has 15 heavy (non-hydrogen) atoms. The molecule has 0 atom stereocenters. The number of nitrogens with zero attached hydrogens (tertiary/aromatic N) is 1. The lowest BCUT2D eigenvalue weighted by molar-refractivity contribution is 0.865. The summed E-state index contributed by atoms with van der Waals surface area (Å²) in [4.78, 5) is 3.73. The minimum absolute atomic E-state index is 0.657. The van der Waals surface area contributed by atoms with E-state index in [2.05, 4.69) is 56.9 Å². The van der Waals surface area contributed by atoms with Crippen LogP contribution in [-0.4, -0.2) is 18.3 Å². The van der Waals surface area contributed by atoms with Gasteiger partial charge in [0.2, 0.25) is 0 Å². The third-order valence-electron chi connectivity index (χ3n) is 2.34. The lowest BCUT2D eigenvalue weighted by Crippen LogP contribution is -2.21. The summed E-state index contributed by atoms with van der Waals surface area (Å²) >= 11 is 1.92. The fourth-order valence-electron chi connectivity index (χ4n) is 1.60. The van der Waals surface area contributed by atoms with Crippen LogP contribution in [0.2, 0.25) is 0 Å². The van der Waals surface area contributed by atoms with Gasteiger partial charge < -0.3 is 4.90 Å². The molecule has 1 rings (SSSR count). The number of hydrogen-bond acceptors (Lipinski definition) is 2. The normalized spacial score (nSPS) is 10.7. The SMILES string of the molecule is CCN(CC)c1ccc(SC(C)C)cc1. The predicted octanol–water partition coefficient (Wildman–Crippen LogP) is 4.03. The largest absolute Gasteiger partial charge is 0.372 e. The molecule has 1 nitrogen and oxygen atoms in total. The van der Waals surface area contributed by atoms with E-state index in [0.717, 1.165) is 13.1 Å². The third-order valence-corrected chi connectivity index (χ3v) is 3.35. The molecule has 84 valence electrons. The highest BCUT2D eigenvalue weighted by Crippen LogP contribution is 2.25. The van der Waals surface area contributed by atoms with Gasteiger partial charge in [-0.2, -0.15) is 0 Å². The van der Waals surface area contributed by atoms with Crippen LogP contribution in [0.25, 0.3) is 0 Å². The summed E-state index contributed by atoms with van der Waals surface area (Å²) in [5.41, 5.74) is 1.33. The molecule has 2 heteroatoms. The van der Waals surface area contributed by atoms with E-state index in [9.17, 15) is 0 Å². The van der Waals surface area contributed by atoms with Crippen LogP contribution in [0.15, 0.2) is 29.2 Å². The number of anilines is 1. The van der Waals surface area contributed by atoms with E-state index in [1.807, 2.05) is 11.8 Å². The Morgan fingerprint density at radius 1 is 1.07 bits per heavy atom. The van der Waals surface area contributed by atoms with E-state index >= 15 is 0 Å². The highest BCUT2D eigenvalue weighted by Gasteiger charge is 2.02. The topological polar surface area (TPSA) is 3.24 Å². The summed E-state index contributed by atoms with van der Waals surface area (Å²) in [6, 6.07) is 8.88. The molecule has 0 spiro atoms. The van der Waals surface area contributed by atoms with Crippen molar-refractivity contribution >= 4 is 17.4 Å². The van der Waals surface area contributed by atoms with Crippen LogP contribution in [0.3, 0.4) is 0 Å². The number of benzene rings is 1. The maximum absolute atomic E-state index is 2.36. The molecular weight excluding hydrogens is 202 g/mol. The van der Waals surface area contributed by atoms with Crippen LogP contribution in [-0.2, 0) is 0 Å². The zero-order valence-corrected chi connectivity index (χ0v) is 11.0. The number of rotatable bonds is 5. The van der Waals surface area contributed by atoms with Gasteiger partial charge in [-0.25, -0.2) is 0 Å². The van der Waals surface area contributed by atoms with Crippen LogP contribution < -0.4 is 4.90 Å². The first-order valence-corrected chi connectivity index (χ1v) is 6.57. The quantitative estimate of drug-likeness (QED) is 0.693. The van der Waals surface area contributed by atoms with E-state index in [-0.39, 0.29) is 0 Å². The van der Waals surface area contributed by atoms with Gasteiger partial charge in [0.05, 0.1) is 0 Å². The lowest BCUT2D eigenvalue weighted by Gasteiger charge is -2.21. The Labute approximate surface area is 97.9 Å². The van der Waals surface area contributed by atoms with Gasteiger partial charge in [-0.15, -0.1) is 11.8 Å². The monoisotopic (exact) mass is 223 g/mol. The summed E-state index contributed by atoms with van der Waals surface area (Å²) < 4.78 is 0. The van der Waals surface area contributed by atoms with Crippen molar-refractivity contribution in [2.24, 2.45) is 0 Å². The standard InChI is InChI=1S/C13H21NS/c1-5-14(6-2)12-7-9-13(10-8-12)15-11(3)4/h7-11H,5-6H2,1-4H3. The molecule has 0 radical (unpaired) electrons. The molecule has 0 heterocycles. The summed E-state index contributed by atoms with van der Waals surface area (Å²) in [6.45, 7) is 11.0. The minimum atomic E-state index is 0.657. The van der Waals surface area contributed by atoms with E-state index < -0.39 is 0 Å². The van der Waals surface area contributed by atoms with Crippen LogP contribution >= 0.6 is 11.8 Å². The fourth-order valence-corrected chi connectivity index (χ4v) is 2.43. The number of hydrogen-bond donors (Lipinski definition) is 0. The summed E-state index contributed by atoms with van der Waals surface area (Å²) in [5.74, 6) is 0. The predicted molar refractivity (Wildman–Crippen MR) is 71.0 cm³/mol. The summed E-state index contributed by atoms with van der Waals surface area (Å²) in [6.07, 6.45) is 0. The van der Waals surface area contributed by atoms with Crippen LogP contribution in [0.1, 0.15) is 27.7 Å². The molecule has 0 aliphatic rings. The van der Waals surface area contributed by atoms with Gasteiger partial charge in [0, 0.05) is 28.9 Å². The van der Waals surface area contributed by atoms with Gasteiger partial charge >= 0.3 is 0 Å². The molecule has 1 aromatic rings. The van der Waals surface area contributed by atoms with Crippen molar-refractivity contribution in [3.8, 4) is 0 Å². The lowest BCUT2D eigenvalue weighted by atomic mass is 10.3. The minimum Gasteiger partial charge on any atom is -0.372 e. The molecule has 0 bridgehead atoms. The molecule has 0 N–H and O–H groups in total. The van der Waals surface area contributed by atoms with Crippen LogP contribution in [0, 0.1) is 0 Å². The fraction of sp³-hybridized carbons (Fsp3) is 0.538. The van der Waals surface area contributed by atoms with E-state index in [1.54, 1.807) is 0 Å². The maximum Gasteiger partial charge on any atom is 0.0366 e. The average molecular weight is 223 g/mol. The summed E-state index contributed by atoms with van der Waals surface area (Å²) in [7, 11) is 0.